The number of benzene rings is 8. The van der Waals surface area contributed by atoms with Gasteiger partial charge in [-0.2, -0.15) is 0 Å². The minimum atomic E-state index is -1.20. The first kappa shape index (κ1) is 11.3. The van der Waals surface area contributed by atoms with Crippen molar-refractivity contribution in [3.63, 3.8) is 0 Å². The summed E-state index contributed by atoms with van der Waals surface area (Å²) in [6.45, 7) is 0. The first-order valence-electron chi connectivity index (χ1n) is 30.5. The van der Waals surface area contributed by atoms with E-state index in [0.717, 1.165) is 4.57 Å². The third-order valence-electron chi connectivity index (χ3n) is 8.35. The zero-order valence-electron chi connectivity index (χ0n) is 56.3. The van der Waals surface area contributed by atoms with Crippen LogP contribution in [0.4, 0.5) is 0 Å². The van der Waals surface area contributed by atoms with Crippen LogP contribution in [0.15, 0.2) is 187 Å². The van der Waals surface area contributed by atoms with Gasteiger partial charge in [-0.25, -0.2) is 0 Å². The Labute approximate surface area is 338 Å². The number of rotatable bonds is 4. The molecule has 8 aromatic carbocycles. The summed E-state index contributed by atoms with van der Waals surface area (Å²) < 4.78 is 284. The second-order valence-corrected chi connectivity index (χ2v) is 11.0. The van der Waals surface area contributed by atoms with Gasteiger partial charge in [0, 0.05) is 49.4 Å². The molecule has 0 aliphatic heterocycles. The normalized spacial score (nSPS) is 20.4. The van der Waals surface area contributed by atoms with E-state index in [0.29, 0.717) is 9.13 Å². The Hall–Kier alpha value is -6.84. The molecule has 238 valence electrons. The van der Waals surface area contributed by atoms with Gasteiger partial charge in [0.05, 0.1) is 75.6 Å². The van der Waals surface area contributed by atoms with Crippen LogP contribution in [0.1, 0.15) is 42.5 Å². The molecule has 0 radical (unpaired) electrons. The lowest BCUT2D eigenvalue weighted by Crippen LogP contribution is -2.00. The van der Waals surface area contributed by atoms with E-state index in [9.17, 15) is 13.7 Å². The molecule has 0 saturated heterocycles. The summed E-state index contributed by atoms with van der Waals surface area (Å²) in [4.78, 5) is 0. The van der Waals surface area contributed by atoms with Crippen LogP contribution in [-0.2, 0) is 0 Å². The van der Waals surface area contributed by atoms with Gasteiger partial charge in [-0.05, 0) is 77.6 Å². The van der Waals surface area contributed by atoms with Crippen LogP contribution in [0.3, 0.4) is 0 Å². The first-order chi connectivity index (χ1) is 38.2. The van der Waals surface area contributed by atoms with Crippen LogP contribution in [-0.4, -0.2) is 13.7 Å². The third-order valence-corrected chi connectivity index (χ3v) is 8.35. The molecule has 0 amide bonds. The molecule has 11 aromatic rings. The molecule has 3 heteroatoms. The molecule has 3 aromatic heterocycles. The van der Waals surface area contributed by atoms with Crippen LogP contribution in [0.25, 0.3) is 93.6 Å². The van der Waals surface area contributed by atoms with E-state index in [-0.39, 0.29) is 0 Å². The van der Waals surface area contributed by atoms with Crippen LogP contribution in [0.2, 0.25) is 0 Å². The topological polar surface area (TPSA) is 14.8 Å². The zero-order valence-corrected chi connectivity index (χ0v) is 25.3. The molecule has 0 saturated carbocycles. The second kappa shape index (κ2) is 10.8. The van der Waals surface area contributed by atoms with Gasteiger partial charge in [0.1, 0.15) is 0 Å². The Morgan fingerprint density at radius 1 is 0.255 bits per heavy atom. The lowest BCUT2D eigenvalue weighted by molar-refractivity contribution is 1.13. The first-order valence-corrected chi connectivity index (χ1v) is 15.0. The molecule has 11 rings (SSSR count). The van der Waals surface area contributed by atoms with Crippen LogP contribution >= 0.6 is 0 Å². The molecule has 3 heterocycles. The predicted molar refractivity (Wildman–Crippen MR) is 215 cm³/mol. The lowest BCUT2D eigenvalue weighted by atomic mass is 10.0. The third kappa shape index (κ3) is 4.12. The smallest absolute Gasteiger partial charge is 0.0667 e. The van der Waals surface area contributed by atoms with Crippen molar-refractivity contribution in [3.05, 3.63) is 187 Å². The van der Waals surface area contributed by atoms with Crippen LogP contribution < -0.4 is 0 Å². The van der Waals surface area contributed by atoms with E-state index >= 15 is 0 Å². The highest BCUT2D eigenvalue weighted by atomic mass is 15.0. The number of aromatic nitrogens is 3. The van der Waals surface area contributed by atoms with Gasteiger partial charge in [0.15, 0.2) is 0 Å². The molecule has 0 bridgehead atoms. The van der Waals surface area contributed by atoms with E-state index in [4.69, 9.17) is 28.8 Å². The molecular formula is C48H31N3. The second-order valence-electron chi connectivity index (χ2n) is 11.0. The van der Waals surface area contributed by atoms with Gasteiger partial charge in [-0.1, -0.05) is 121 Å². The number of hydrogen-bond donors (Lipinski definition) is 0. The minimum Gasteiger partial charge on any atom is -0.309 e. The fourth-order valence-electron chi connectivity index (χ4n) is 6.30. The van der Waals surface area contributed by atoms with Crippen molar-refractivity contribution in [2.75, 3.05) is 0 Å². The highest BCUT2D eigenvalue weighted by Gasteiger charge is 2.19. The highest BCUT2D eigenvalue weighted by molar-refractivity contribution is 6.13. The van der Waals surface area contributed by atoms with Gasteiger partial charge in [0.2, 0.25) is 0 Å². The van der Waals surface area contributed by atoms with E-state index < -0.39 is 281 Å². The summed E-state index contributed by atoms with van der Waals surface area (Å²) in [5, 5.41) is -3.65. The lowest BCUT2D eigenvalue weighted by Gasteiger charge is -2.16. The average Bonchev–Trinajstić information content (AvgIpc) is 2.83. The molecule has 0 spiro atoms. The van der Waals surface area contributed by atoms with Crippen molar-refractivity contribution in [2.45, 2.75) is 0 Å². The number of hydrogen-bond acceptors (Lipinski definition) is 0. The molecule has 0 aliphatic rings. The van der Waals surface area contributed by atoms with Crippen LogP contribution in [0, 0.1) is 0 Å². The fourth-order valence-corrected chi connectivity index (χ4v) is 6.30. The van der Waals surface area contributed by atoms with Crippen molar-refractivity contribution < 1.29 is 42.5 Å². The van der Waals surface area contributed by atoms with Gasteiger partial charge in [0.25, 0.3) is 0 Å². The van der Waals surface area contributed by atoms with Crippen molar-refractivity contribution in [3.8, 4) is 28.2 Å². The SMILES string of the molecule is [2H]c1c([2H])c([2H])c(-c2c([2H])c(-n3c4c([2H])c([2H])c([2H])c([2H])c4c4c([2H])c([2H])c([2H])c([2H])c43)c([2H])c(-n3c4c([2H])c([2H])c([2H])c([2H])c4c4c([2H])c(-n5c6c([2H])c([2H])c([2H])c([2H])c6c6c([2H])c([2H])c([2H])c([2H])c65)c([2H])c([2H])c43)c2[2H])c([2H])c1[2H]. The Bertz CT molecular complexity index is 4750. The Morgan fingerprint density at radius 3 is 1.06 bits per heavy atom. The molecule has 51 heavy (non-hydrogen) atoms. The molecule has 0 fully saturated rings. The van der Waals surface area contributed by atoms with Gasteiger partial charge in [-0.3, -0.25) is 0 Å². The summed E-state index contributed by atoms with van der Waals surface area (Å²) in [7, 11) is 0. The average molecular weight is 681 g/mol. The molecule has 3 nitrogen and oxygen atoms in total. The summed E-state index contributed by atoms with van der Waals surface area (Å²) in [5.41, 5.74) is -9.18. The van der Waals surface area contributed by atoms with Gasteiger partial charge < -0.3 is 13.7 Å². The zero-order chi connectivity index (χ0) is 60.4. The summed E-state index contributed by atoms with van der Waals surface area (Å²) >= 11 is 0. The molecule has 0 aliphatic carbocycles. The molecule has 0 unspecified atom stereocenters. The maximum Gasteiger partial charge on any atom is 0.0667 e. The minimum absolute atomic E-state index is 0.511. The molecular weight excluding hydrogens is 619 g/mol. The predicted octanol–water partition coefficient (Wildman–Crippen LogP) is 12.6. The monoisotopic (exact) mass is 680 g/mol. The maximum atomic E-state index is 10.2. The molecule has 0 atom stereocenters. The van der Waals surface area contributed by atoms with Crippen molar-refractivity contribution in [1.82, 2.24) is 13.7 Å². The Balaban J connectivity index is 1.46. The standard InChI is InChI=1S/C48H31N3/c1-2-14-32(15-3-1)33-28-35(50-45-23-11-6-18-39(45)40-19-7-12-24-46(40)50)30-36(29-33)51-47-25-13-8-20-41(47)42-31-34(26-27-48(42)51)49-43-21-9-4-16-37(43)38-17-5-10-22-44(38)49/h1-31H/i1D,2D,3D,4D,5D,6D,7D,8D,9D,10D,11D,12D,13D,14D,15D,16D,17D,18D,19D,20D,21D,22D,23D,24D,25D,26D,27D,28D,29D,30D,31D. The quantitative estimate of drug-likeness (QED) is 0.176. The summed E-state index contributed by atoms with van der Waals surface area (Å²) in [6.07, 6.45) is 0. The van der Waals surface area contributed by atoms with E-state index in [1.807, 2.05) is 0 Å². The molecule has 0 N–H and O–H groups in total. The number of fused-ring (bicyclic) bond motifs is 9. The number of para-hydroxylation sites is 5. The fraction of sp³-hybridized carbons (Fsp3) is 0. The number of nitrogens with zero attached hydrogens (tertiary/aromatic N) is 3. The van der Waals surface area contributed by atoms with Crippen LogP contribution in [0.5, 0.6) is 0 Å². The van der Waals surface area contributed by atoms with E-state index in [1.54, 1.807) is 0 Å². The summed E-state index contributed by atoms with van der Waals surface area (Å²) in [5.74, 6) is 0. The van der Waals surface area contributed by atoms with Crippen molar-refractivity contribution in [2.24, 2.45) is 0 Å². The Morgan fingerprint density at radius 2 is 0.608 bits per heavy atom. The largest absolute Gasteiger partial charge is 0.309 e. The highest BCUT2D eigenvalue weighted by Crippen LogP contribution is 2.39. The van der Waals surface area contributed by atoms with Crippen molar-refractivity contribution in [1.29, 1.82) is 0 Å². The van der Waals surface area contributed by atoms with Crippen molar-refractivity contribution >= 4 is 65.4 Å². The van der Waals surface area contributed by atoms with E-state index in [2.05, 4.69) is 0 Å². The van der Waals surface area contributed by atoms with E-state index in [1.165, 1.54) is 0 Å². The van der Waals surface area contributed by atoms with Gasteiger partial charge in [-0.15, -0.1) is 0 Å². The summed E-state index contributed by atoms with van der Waals surface area (Å²) in [6, 6.07) is -30.4. The maximum absolute atomic E-state index is 10.2. The Kier molecular flexibility index (Phi) is 2.41. The van der Waals surface area contributed by atoms with Gasteiger partial charge >= 0.3 is 0 Å².